The van der Waals surface area contributed by atoms with Crippen molar-refractivity contribution in [3.05, 3.63) is 51.8 Å². The Balaban J connectivity index is 2.46. The third-order valence-corrected chi connectivity index (χ3v) is 4.61. The van der Waals surface area contributed by atoms with Crippen molar-refractivity contribution in [1.29, 1.82) is 0 Å². The monoisotopic (exact) mass is 404 g/mol. The Labute approximate surface area is 150 Å². The average molecular weight is 404 g/mol. The van der Waals surface area contributed by atoms with Crippen LogP contribution in [0.2, 0.25) is 0 Å². The minimum atomic E-state index is -4.41. The van der Waals surface area contributed by atoms with Crippen molar-refractivity contribution < 1.29 is 30.7 Å². The first-order valence-electron chi connectivity index (χ1n) is 6.84. The van der Waals surface area contributed by atoms with Crippen LogP contribution in [-0.2, 0) is 21.2 Å². The van der Waals surface area contributed by atoms with Gasteiger partial charge in [0.1, 0.15) is 5.69 Å². The van der Waals surface area contributed by atoms with E-state index in [1.54, 1.807) is 0 Å². The summed E-state index contributed by atoms with van der Waals surface area (Å²) in [4.78, 5) is 10.1. The molecule has 0 radical (unpaired) electrons. The lowest BCUT2D eigenvalue weighted by molar-refractivity contribution is -0.384. The molecule has 0 spiro atoms. The number of rotatable bonds is 6. The number of hydrogen-bond donors (Lipinski definition) is 2. The molecular weight excluding hydrogens is 391 g/mol. The fraction of sp³-hybridized carbons (Fsp3) is 0.143. The SMILES string of the molecule is Cc1cc(Nc2cc(F)c(OS(C)=O)cc2[N+](=O)[O-])ccc1S(=O)(=O)O. The molecule has 0 aromatic heterocycles. The maximum atomic E-state index is 14.0. The van der Waals surface area contributed by atoms with E-state index in [4.69, 9.17) is 4.55 Å². The van der Waals surface area contributed by atoms with Crippen LogP contribution in [0.15, 0.2) is 35.2 Å². The first kappa shape index (κ1) is 19.8. The van der Waals surface area contributed by atoms with Crippen LogP contribution in [0.25, 0.3) is 0 Å². The summed E-state index contributed by atoms with van der Waals surface area (Å²) >= 11 is -1.87. The second kappa shape index (κ2) is 7.35. The Morgan fingerprint density at radius 2 is 1.96 bits per heavy atom. The summed E-state index contributed by atoms with van der Waals surface area (Å²) < 4.78 is 61.2. The van der Waals surface area contributed by atoms with Crippen LogP contribution in [0.1, 0.15) is 5.56 Å². The van der Waals surface area contributed by atoms with Crippen molar-refractivity contribution in [2.45, 2.75) is 11.8 Å². The molecule has 0 heterocycles. The van der Waals surface area contributed by atoms with E-state index in [-0.39, 0.29) is 21.8 Å². The molecule has 2 aromatic rings. The standard InChI is InChI=1S/C14H13FN2O7S2/c1-8-5-9(3-4-14(8)26(21,22)23)16-11-6-10(15)13(24-25(2)20)7-12(11)17(18)19/h3-7,16H,1-2H3,(H,21,22,23). The number of nitrogens with one attached hydrogen (secondary N) is 1. The summed E-state index contributed by atoms with van der Waals surface area (Å²) in [6.45, 7) is 1.41. The maximum Gasteiger partial charge on any atom is 0.296 e. The van der Waals surface area contributed by atoms with E-state index in [0.29, 0.717) is 0 Å². The van der Waals surface area contributed by atoms with Crippen LogP contribution < -0.4 is 9.50 Å². The van der Waals surface area contributed by atoms with Gasteiger partial charge in [0.05, 0.1) is 15.9 Å². The Hall–Kier alpha value is -2.57. The van der Waals surface area contributed by atoms with Gasteiger partial charge in [0.2, 0.25) is 11.1 Å². The van der Waals surface area contributed by atoms with E-state index in [9.17, 15) is 27.1 Å². The first-order chi connectivity index (χ1) is 12.0. The molecule has 0 amide bonds. The fourth-order valence-corrected chi connectivity index (χ4v) is 3.24. The van der Waals surface area contributed by atoms with Crippen molar-refractivity contribution in [2.75, 3.05) is 11.6 Å². The fourth-order valence-electron chi connectivity index (χ4n) is 2.16. The highest BCUT2D eigenvalue weighted by Gasteiger charge is 2.21. The second-order valence-corrected chi connectivity index (χ2v) is 7.48. The molecule has 0 saturated heterocycles. The number of anilines is 2. The van der Waals surface area contributed by atoms with Gasteiger partial charge in [0, 0.05) is 18.0 Å². The highest BCUT2D eigenvalue weighted by molar-refractivity contribution is 7.85. The third kappa shape index (κ3) is 4.53. The van der Waals surface area contributed by atoms with Gasteiger partial charge in [-0.2, -0.15) is 8.42 Å². The predicted molar refractivity (Wildman–Crippen MR) is 92.0 cm³/mol. The summed E-state index contributed by atoms with van der Waals surface area (Å²) in [5, 5.41) is 13.8. The zero-order chi connectivity index (χ0) is 19.6. The van der Waals surface area contributed by atoms with Gasteiger partial charge in [-0.15, -0.1) is 0 Å². The van der Waals surface area contributed by atoms with E-state index < -0.39 is 43.4 Å². The van der Waals surface area contributed by atoms with Gasteiger partial charge >= 0.3 is 0 Å². The Morgan fingerprint density at radius 1 is 1.31 bits per heavy atom. The zero-order valence-corrected chi connectivity index (χ0v) is 15.1. The van der Waals surface area contributed by atoms with Crippen molar-refractivity contribution in [2.24, 2.45) is 0 Å². The van der Waals surface area contributed by atoms with Gasteiger partial charge in [-0.05, 0) is 30.7 Å². The molecule has 26 heavy (non-hydrogen) atoms. The molecule has 2 N–H and O–H groups in total. The first-order valence-corrected chi connectivity index (χ1v) is 9.76. The average Bonchev–Trinajstić information content (AvgIpc) is 2.47. The van der Waals surface area contributed by atoms with Gasteiger partial charge in [0.25, 0.3) is 15.8 Å². The van der Waals surface area contributed by atoms with E-state index in [2.05, 4.69) is 9.50 Å². The summed E-state index contributed by atoms with van der Waals surface area (Å²) in [5.41, 5.74) is -0.351. The lowest BCUT2D eigenvalue weighted by Gasteiger charge is -2.11. The third-order valence-electron chi connectivity index (χ3n) is 3.19. The number of nitro groups is 1. The highest BCUT2D eigenvalue weighted by Crippen LogP contribution is 2.34. The number of nitrogens with zero attached hydrogens (tertiary/aromatic N) is 1. The molecule has 0 aliphatic rings. The van der Waals surface area contributed by atoms with Gasteiger partial charge in [-0.3, -0.25) is 14.7 Å². The van der Waals surface area contributed by atoms with Gasteiger partial charge in [-0.1, -0.05) is 0 Å². The Kier molecular flexibility index (Phi) is 5.59. The molecule has 2 aromatic carbocycles. The predicted octanol–water partition coefficient (Wildman–Crippen LogP) is 2.70. The van der Waals surface area contributed by atoms with Gasteiger partial charge in [-0.25, -0.2) is 8.60 Å². The summed E-state index contributed by atoms with van der Waals surface area (Å²) in [5.74, 6) is -1.51. The number of nitro benzene ring substituents is 1. The quantitative estimate of drug-likeness (QED) is 0.426. The number of halogens is 1. The molecule has 0 aliphatic carbocycles. The molecule has 12 heteroatoms. The van der Waals surface area contributed by atoms with E-state index in [1.165, 1.54) is 19.1 Å². The Bertz CT molecular complexity index is 1010. The van der Waals surface area contributed by atoms with Crippen LogP contribution in [0.3, 0.4) is 0 Å². The zero-order valence-electron chi connectivity index (χ0n) is 13.4. The molecule has 9 nitrogen and oxygen atoms in total. The van der Waals surface area contributed by atoms with E-state index in [0.717, 1.165) is 24.5 Å². The molecule has 1 atom stereocenters. The van der Waals surface area contributed by atoms with Crippen molar-refractivity contribution in [3.63, 3.8) is 0 Å². The molecule has 0 fully saturated rings. The number of hydrogen-bond acceptors (Lipinski definition) is 7. The van der Waals surface area contributed by atoms with Gasteiger partial charge < -0.3 is 9.50 Å². The molecule has 0 bridgehead atoms. The minimum Gasteiger partial charge on any atom is -0.397 e. The molecule has 1 unspecified atom stereocenters. The normalized spacial score (nSPS) is 12.5. The van der Waals surface area contributed by atoms with E-state index in [1.807, 2.05) is 0 Å². The smallest absolute Gasteiger partial charge is 0.296 e. The molecule has 140 valence electrons. The largest absolute Gasteiger partial charge is 0.397 e. The van der Waals surface area contributed by atoms with Crippen molar-refractivity contribution in [1.82, 2.24) is 0 Å². The lowest BCUT2D eigenvalue weighted by Crippen LogP contribution is -2.04. The van der Waals surface area contributed by atoms with Crippen LogP contribution in [0.5, 0.6) is 5.75 Å². The van der Waals surface area contributed by atoms with Crippen LogP contribution in [-0.4, -0.2) is 28.4 Å². The van der Waals surface area contributed by atoms with Crippen LogP contribution >= 0.6 is 0 Å². The van der Waals surface area contributed by atoms with Crippen LogP contribution in [0, 0.1) is 22.9 Å². The topological polar surface area (TPSA) is 136 Å². The molecule has 0 aliphatic heterocycles. The van der Waals surface area contributed by atoms with Crippen LogP contribution in [0.4, 0.5) is 21.5 Å². The minimum absolute atomic E-state index is 0.182. The molecule has 2 rings (SSSR count). The Morgan fingerprint density at radius 3 is 2.46 bits per heavy atom. The van der Waals surface area contributed by atoms with Crippen molar-refractivity contribution in [3.8, 4) is 5.75 Å². The van der Waals surface area contributed by atoms with E-state index >= 15 is 0 Å². The molecular formula is C14H13FN2O7S2. The second-order valence-electron chi connectivity index (χ2n) is 5.12. The highest BCUT2D eigenvalue weighted by atomic mass is 32.2. The molecule has 0 saturated carbocycles. The number of aryl methyl sites for hydroxylation is 1. The lowest BCUT2D eigenvalue weighted by atomic mass is 10.2. The summed E-state index contributed by atoms with van der Waals surface area (Å²) in [6.07, 6.45) is 1.14. The summed E-state index contributed by atoms with van der Waals surface area (Å²) in [6, 6.07) is 5.26. The van der Waals surface area contributed by atoms with Crippen molar-refractivity contribution >= 4 is 38.3 Å². The maximum absolute atomic E-state index is 14.0. The summed E-state index contributed by atoms with van der Waals surface area (Å²) in [7, 11) is -4.41. The van der Waals surface area contributed by atoms with Gasteiger partial charge in [0.15, 0.2) is 11.6 Å². The number of benzene rings is 2.